The fourth-order valence-electron chi connectivity index (χ4n) is 1.73. The summed E-state index contributed by atoms with van der Waals surface area (Å²) >= 11 is 0. The topological polar surface area (TPSA) is 50.4 Å². The first kappa shape index (κ1) is 11.6. The van der Waals surface area contributed by atoms with Crippen LogP contribution in [-0.4, -0.2) is 11.1 Å². The molecule has 0 fully saturated rings. The number of fused-ring (bicyclic) bond motifs is 1. The van der Waals surface area contributed by atoms with Gasteiger partial charge < -0.3 is 9.52 Å². The Kier molecular flexibility index (Phi) is 2.88. The zero-order valence-corrected chi connectivity index (χ0v) is 9.61. The molecule has 0 saturated carbocycles. The van der Waals surface area contributed by atoms with Crippen LogP contribution in [0.5, 0.6) is 0 Å². The molecular formula is C13H13FO3. The minimum absolute atomic E-state index is 0.187. The van der Waals surface area contributed by atoms with Gasteiger partial charge in [-0.1, -0.05) is 26.0 Å². The fraction of sp³-hybridized carbons (Fsp3) is 0.308. The van der Waals surface area contributed by atoms with E-state index in [2.05, 4.69) is 0 Å². The Morgan fingerprint density at radius 2 is 2.12 bits per heavy atom. The number of hydrogen-bond acceptors (Lipinski definition) is 2. The molecule has 1 N–H and O–H groups in total. The lowest BCUT2D eigenvalue weighted by Gasteiger charge is -2.12. The van der Waals surface area contributed by atoms with E-state index in [1.54, 1.807) is 32.0 Å². The molecule has 0 saturated heterocycles. The summed E-state index contributed by atoms with van der Waals surface area (Å²) in [5, 5.41) is 9.58. The molecule has 0 spiro atoms. The third-order valence-corrected chi connectivity index (χ3v) is 3.10. The normalized spacial score (nSPS) is 14.8. The number of rotatable bonds is 3. The largest absolute Gasteiger partial charge is 0.481 e. The van der Waals surface area contributed by atoms with Gasteiger partial charge in [-0.3, -0.25) is 4.79 Å². The summed E-state index contributed by atoms with van der Waals surface area (Å²) < 4.78 is 18.8. The van der Waals surface area contributed by atoms with Gasteiger partial charge in [-0.05, 0) is 12.1 Å². The van der Waals surface area contributed by atoms with E-state index in [1.807, 2.05) is 0 Å². The second-order valence-electron chi connectivity index (χ2n) is 4.22. The van der Waals surface area contributed by atoms with Gasteiger partial charge in [-0.2, -0.15) is 0 Å². The maximum Gasteiger partial charge on any atom is 0.306 e. The Morgan fingerprint density at radius 1 is 1.41 bits per heavy atom. The van der Waals surface area contributed by atoms with Crippen LogP contribution in [0.15, 0.2) is 28.7 Å². The lowest BCUT2D eigenvalue weighted by Crippen LogP contribution is -2.16. The number of benzene rings is 1. The summed E-state index contributed by atoms with van der Waals surface area (Å²) in [5.74, 6) is -1.68. The predicted octanol–water partition coefficient (Wildman–Crippen LogP) is 3.40. The van der Waals surface area contributed by atoms with E-state index in [4.69, 9.17) is 9.52 Å². The summed E-state index contributed by atoms with van der Waals surface area (Å²) in [6.07, 6.45) is 0. The van der Waals surface area contributed by atoms with E-state index in [9.17, 15) is 9.18 Å². The van der Waals surface area contributed by atoms with Gasteiger partial charge >= 0.3 is 5.97 Å². The first-order valence-electron chi connectivity index (χ1n) is 5.41. The van der Waals surface area contributed by atoms with Gasteiger partial charge in [0.25, 0.3) is 0 Å². The molecule has 2 unspecified atom stereocenters. The van der Waals surface area contributed by atoms with Crippen LogP contribution in [0.25, 0.3) is 11.0 Å². The molecule has 0 radical (unpaired) electrons. The summed E-state index contributed by atoms with van der Waals surface area (Å²) in [6.45, 7) is 3.37. The van der Waals surface area contributed by atoms with Gasteiger partial charge in [0, 0.05) is 11.3 Å². The Hall–Kier alpha value is -1.84. The molecule has 2 aromatic rings. The van der Waals surface area contributed by atoms with E-state index < -0.39 is 17.7 Å². The Labute approximate surface area is 97.9 Å². The second kappa shape index (κ2) is 4.20. The number of aliphatic carboxylic acids is 1. The van der Waals surface area contributed by atoms with E-state index in [0.717, 1.165) is 0 Å². The molecule has 4 heteroatoms. The molecule has 1 aromatic carbocycles. The molecule has 0 aliphatic heterocycles. The van der Waals surface area contributed by atoms with Gasteiger partial charge in [0.15, 0.2) is 11.4 Å². The zero-order chi connectivity index (χ0) is 12.6. The number of hydrogen-bond donors (Lipinski definition) is 1. The highest BCUT2D eigenvalue weighted by Crippen LogP contribution is 2.30. The van der Waals surface area contributed by atoms with Crippen LogP contribution in [0.4, 0.5) is 4.39 Å². The maximum atomic E-state index is 13.4. The van der Waals surface area contributed by atoms with Crippen molar-refractivity contribution >= 4 is 16.9 Å². The zero-order valence-electron chi connectivity index (χ0n) is 9.61. The molecule has 1 aromatic heterocycles. The highest BCUT2D eigenvalue weighted by Gasteiger charge is 2.24. The highest BCUT2D eigenvalue weighted by atomic mass is 19.1. The van der Waals surface area contributed by atoms with E-state index in [1.165, 1.54) is 6.07 Å². The smallest absolute Gasteiger partial charge is 0.306 e. The molecule has 2 atom stereocenters. The molecule has 90 valence electrons. The lowest BCUT2D eigenvalue weighted by molar-refractivity contribution is -0.141. The highest BCUT2D eigenvalue weighted by molar-refractivity contribution is 5.79. The van der Waals surface area contributed by atoms with Gasteiger partial charge in [0.05, 0.1) is 5.92 Å². The van der Waals surface area contributed by atoms with Crippen molar-refractivity contribution in [2.75, 3.05) is 0 Å². The lowest BCUT2D eigenvalue weighted by atomic mass is 9.94. The van der Waals surface area contributed by atoms with Crippen molar-refractivity contribution in [3.05, 3.63) is 35.8 Å². The summed E-state index contributed by atoms with van der Waals surface area (Å²) in [4.78, 5) is 10.9. The summed E-state index contributed by atoms with van der Waals surface area (Å²) in [7, 11) is 0. The molecule has 0 aliphatic rings. The van der Waals surface area contributed by atoms with Gasteiger partial charge in [0.2, 0.25) is 0 Å². The van der Waals surface area contributed by atoms with Crippen LogP contribution in [-0.2, 0) is 4.79 Å². The van der Waals surface area contributed by atoms with Crippen LogP contribution in [0.1, 0.15) is 25.5 Å². The molecule has 0 bridgehead atoms. The number of carboxylic acids is 1. The minimum Gasteiger partial charge on any atom is -0.481 e. The number of halogens is 1. The number of carboxylic acid groups (broad SMARTS) is 1. The van der Waals surface area contributed by atoms with Crippen molar-refractivity contribution in [1.29, 1.82) is 0 Å². The molecule has 17 heavy (non-hydrogen) atoms. The summed E-state index contributed by atoms with van der Waals surface area (Å²) in [5.41, 5.74) is 0.187. The van der Waals surface area contributed by atoms with E-state index in [0.29, 0.717) is 11.1 Å². The molecule has 1 heterocycles. The third-order valence-electron chi connectivity index (χ3n) is 3.10. The first-order chi connectivity index (χ1) is 8.00. The first-order valence-corrected chi connectivity index (χ1v) is 5.41. The van der Waals surface area contributed by atoms with Crippen molar-refractivity contribution < 1.29 is 18.7 Å². The van der Waals surface area contributed by atoms with E-state index >= 15 is 0 Å². The molecule has 2 rings (SSSR count). The Balaban J connectivity index is 2.43. The van der Waals surface area contributed by atoms with Crippen molar-refractivity contribution in [2.24, 2.45) is 5.92 Å². The molecule has 0 aliphatic carbocycles. The van der Waals surface area contributed by atoms with Crippen molar-refractivity contribution in [3.8, 4) is 0 Å². The van der Waals surface area contributed by atoms with Crippen LogP contribution in [0, 0.1) is 11.7 Å². The van der Waals surface area contributed by atoms with Crippen molar-refractivity contribution in [1.82, 2.24) is 0 Å². The molecule has 3 nitrogen and oxygen atoms in total. The van der Waals surface area contributed by atoms with Gasteiger partial charge in [-0.25, -0.2) is 4.39 Å². The number of furan rings is 1. The standard InChI is InChI=1S/C13H13FO3/c1-7(8(2)13(15)16)11-6-9-4-3-5-10(14)12(9)17-11/h3-8H,1-2H3,(H,15,16). The van der Waals surface area contributed by atoms with Crippen LogP contribution in [0.3, 0.4) is 0 Å². The minimum atomic E-state index is -0.890. The predicted molar refractivity (Wildman–Crippen MR) is 61.4 cm³/mol. The number of para-hydroxylation sites is 1. The third kappa shape index (κ3) is 2.02. The maximum absolute atomic E-state index is 13.4. The average Bonchev–Trinajstić information content (AvgIpc) is 2.72. The molecule has 0 amide bonds. The second-order valence-corrected chi connectivity index (χ2v) is 4.22. The Bertz CT molecular complexity index is 559. The summed E-state index contributed by atoms with van der Waals surface area (Å²) in [6, 6.07) is 6.36. The van der Waals surface area contributed by atoms with E-state index in [-0.39, 0.29) is 11.5 Å². The monoisotopic (exact) mass is 236 g/mol. The fourth-order valence-corrected chi connectivity index (χ4v) is 1.73. The number of carbonyl (C=O) groups is 1. The van der Waals surface area contributed by atoms with Gasteiger partial charge in [-0.15, -0.1) is 0 Å². The SMILES string of the molecule is CC(C(=O)O)C(C)c1cc2cccc(F)c2o1. The van der Waals surface area contributed by atoms with Gasteiger partial charge in [0.1, 0.15) is 5.76 Å². The van der Waals surface area contributed by atoms with Crippen molar-refractivity contribution in [2.45, 2.75) is 19.8 Å². The average molecular weight is 236 g/mol. The van der Waals surface area contributed by atoms with Crippen LogP contribution < -0.4 is 0 Å². The van der Waals surface area contributed by atoms with Crippen LogP contribution >= 0.6 is 0 Å². The van der Waals surface area contributed by atoms with Crippen LogP contribution in [0.2, 0.25) is 0 Å². The Morgan fingerprint density at radius 3 is 2.71 bits per heavy atom. The van der Waals surface area contributed by atoms with Crippen molar-refractivity contribution in [3.63, 3.8) is 0 Å². The molecular weight excluding hydrogens is 223 g/mol. The quantitative estimate of drug-likeness (QED) is 0.888.